The van der Waals surface area contributed by atoms with Crippen molar-refractivity contribution in [3.05, 3.63) is 83.8 Å². The fourth-order valence-electron chi connectivity index (χ4n) is 6.16. The molecule has 186 valence electrons. The van der Waals surface area contributed by atoms with Crippen molar-refractivity contribution in [1.29, 1.82) is 0 Å². The van der Waals surface area contributed by atoms with E-state index in [2.05, 4.69) is 11.6 Å². The highest BCUT2D eigenvalue weighted by molar-refractivity contribution is 5.83. The molecule has 3 saturated heterocycles. The maximum atomic E-state index is 14.7. The van der Waals surface area contributed by atoms with Crippen LogP contribution in [0.2, 0.25) is 0 Å². The van der Waals surface area contributed by atoms with Crippen molar-refractivity contribution in [2.24, 2.45) is 11.8 Å². The average molecular weight is 549 g/mol. The summed E-state index contributed by atoms with van der Waals surface area (Å²) in [4.78, 5) is 4.41. The number of rotatable bonds is 6. The quantitative estimate of drug-likeness (QED) is 0.379. The first-order valence-electron chi connectivity index (χ1n) is 11.6. The van der Waals surface area contributed by atoms with Gasteiger partial charge in [-0.05, 0) is 35.7 Å². The number of fused-ring (bicyclic) bond motifs is 4. The predicted octanol–water partition coefficient (Wildman–Crippen LogP) is 2.31. The molecule has 3 unspecified atom stereocenters. The molecule has 0 spiro atoms. The Morgan fingerprint density at radius 3 is 2.63 bits per heavy atom. The van der Waals surface area contributed by atoms with Gasteiger partial charge in [0.15, 0.2) is 0 Å². The number of methoxy groups -OCH3 is 1. The Kier molecular flexibility index (Phi) is 7.27. The standard InChI is InChI=1S/C27H28F3N2O2.BrH/c1-3-16-14-32(15-22-23(29)11-18(28)12-24(22)30)9-7-17(16)10-26(32)27(33)20-6-8-31-25-5-4-19(34-2)13-21(20)25;/h3-6,8,11-13,16-17,26-27,33H,1,7,9-10,14-15H2,2H3;1H/q+1;/p-1/t16?,17?,26-,27+,32?;/m0./s1. The van der Waals surface area contributed by atoms with Crippen LogP contribution in [0.4, 0.5) is 13.2 Å². The van der Waals surface area contributed by atoms with Crippen LogP contribution in [0, 0.1) is 29.3 Å². The molecule has 1 aromatic heterocycles. The van der Waals surface area contributed by atoms with Crippen molar-refractivity contribution in [1.82, 2.24) is 4.98 Å². The van der Waals surface area contributed by atoms with Crippen molar-refractivity contribution in [2.75, 3.05) is 20.2 Å². The monoisotopic (exact) mass is 548 g/mol. The molecule has 5 atom stereocenters. The molecule has 3 fully saturated rings. The summed E-state index contributed by atoms with van der Waals surface area (Å²) in [5.74, 6) is -1.51. The van der Waals surface area contributed by atoms with Crippen molar-refractivity contribution in [2.45, 2.75) is 31.5 Å². The first-order chi connectivity index (χ1) is 16.3. The third-order valence-electron chi connectivity index (χ3n) is 7.92. The highest BCUT2D eigenvalue weighted by Crippen LogP contribution is 2.48. The minimum atomic E-state index is -0.936. The number of aliphatic hydroxyl groups is 1. The van der Waals surface area contributed by atoms with Gasteiger partial charge in [0.05, 0.1) is 31.3 Å². The van der Waals surface area contributed by atoms with Crippen LogP contribution in [-0.2, 0) is 6.54 Å². The van der Waals surface area contributed by atoms with Gasteiger partial charge in [0, 0.05) is 42.5 Å². The van der Waals surface area contributed by atoms with Crippen LogP contribution in [0.15, 0.2) is 55.3 Å². The molecule has 0 saturated carbocycles. The van der Waals surface area contributed by atoms with Gasteiger partial charge in [-0.1, -0.05) is 6.08 Å². The predicted molar refractivity (Wildman–Crippen MR) is 123 cm³/mol. The molecular formula is C27H28BrF3N2O2. The number of ether oxygens (including phenoxy) is 1. The summed E-state index contributed by atoms with van der Waals surface area (Å²) >= 11 is 0. The minimum absolute atomic E-state index is 0. The van der Waals surface area contributed by atoms with Crippen LogP contribution in [0.3, 0.4) is 0 Å². The molecule has 3 aliphatic heterocycles. The molecule has 0 aliphatic carbocycles. The van der Waals surface area contributed by atoms with Crippen molar-refractivity contribution in [3.8, 4) is 5.75 Å². The van der Waals surface area contributed by atoms with Crippen molar-refractivity contribution in [3.63, 3.8) is 0 Å². The van der Waals surface area contributed by atoms with E-state index < -0.39 is 23.6 Å². The summed E-state index contributed by atoms with van der Waals surface area (Å²) in [5, 5.41) is 12.5. The fraction of sp³-hybridized carbons (Fsp3) is 0.370. The van der Waals surface area contributed by atoms with Crippen molar-refractivity contribution >= 4 is 10.9 Å². The Labute approximate surface area is 213 Å². The molecule has 6 rings (SSSR count). The van der Waals surface area contributed by atoms with Crippen LogP contribution < -0.4 is 21.7 Å². The van der Waals surface area contributed by atoms with E-state index >= 15 is 0 Å². The van der Waals surface area contributed by atoms with Gasteiger partial charge in [0.2, 0.25) is 0 Å². The smallest absolute Gasteiger partial charge is 0.137 e. The molecule has 0 amide bonds. The summed E-state index contributed by atoms with van der Waals surface area (Å²) < 4.78 is 48.7. The van der Waals surface area contributed by atoms with Gasteiger partial charge < -0.3 is 31.3 Å². The Balaban J connectivity index is 0.00000289. The van der Waals surface area contributed by atoms with E-state index in [4.69, 9.17) is 4.74 Å². The Morgan fingerprint density at radius 1 is 1.20 bits per heavy atom. The number of benzene rings is 2. The second kappa shape index (κ2) is 9.91. The highest BCUT2D eigenvalue weighted by atomic mass is 79.9. The zero-order chi connectivity index (χ0) is 24.0. The number of nitrogens with zero attached hydrogens (tertiary/aromatic N) is 2. The van der Waals surface area contributed by atoms with Gasteiger partial charge in [0.1, 0.15) is 41.9 Å². The molecule has 4 heterocycles. The van der Waals surface area contributed by atoms with E-state index in [0.29, 0.717) is 41.2 Å². The Bertz CT molecular complexity index is 1230. The Morgan fingerprint density at radius 2 is 1.94 bits per heavy atom. The first kappa shape index (κ1) is 25.7. The zero-order valence-corrected chi connectivity index (χ0v) is 21.0. The van der Waals surface area contributed by atoms with Gasteiger partial charge in [-0.25, -0.2) is 13.2 Å². The lowest BCUT2D eigenvalue weighted by Gasteiger charge is -2.58. The lowest BCUT2D eigenvalue weighted by atomic mass is 9.71. The maximum Gasteiger partial charge on any atom is 0.137 e. The van der Waals surface area contributed by atoms with E-state index in [1.54, 1.807) is 19.4 Å². The number of hydrogen-bond acceptors (Lipinski definition) is 3. The molecule has 8 heteroatoms. The third-order valence-corrected chi connectivity index (χ3v) is 7.92. The van der Waals surface area contributed by atoms with Crippen molar-refractivity contribution < 1.29 is 44.5 Å². The lowest BCUT2D eigenvalue weighted by Crippen LogP contribution is -3.00. The van der Waals surface area contributed by atoms with Crippen LogP contribution in [-0.4, -0.2) is 40.8 Å². The average Bonchev–Trinajstić information content (AvgIpc) is 2.85. The van der Waals surface area contributed by atoms with Gasteiger partial charge in [-0.2, -0.15) is 0 Å². The number of hydrogen-bond donors (Lipinski definition) is 1. The second-order valence-corrected chi connectivity index (χ2v) is 9.61. The Hall–Kier alpha value is -2.42. The number of pyridine rings is 1. The third kappa shape index (κ3) is 4.47. The first-order valence-corrected chi connectivity index (χ1v) is 11.6. The highest BCUT2D eigenvalue weighted by Gasteiger charge is 2.54. The van der Waals surface area contributed by atoms with E-state index in [9.17, 15) is 18.3 Å². The summed E-state index contributed by atoms with van der Waals surface area (Å²) in [5.41, 5.74) is 1.32. The number of piperidine rings is 3. The molecule has 2 bridgehead atoms. The van der Waals surface area contributed by atoms with Gasteiger partial charge >= 0.3 is 0 Å². The van der Waals surface area contributed by atoms with E-state index in [1.807, 2.05) is 24.3 Å². The summed E-state index contributed by atoms with van der Waals surface area (Å²) in [6.45, 7) is 5.33. The fourth-order valence-corrected chi connectivity index (χ4v) is 6.16. The molecule has 4 nitrogen and oxygen atoms in total. The summed E-state index contributed by atoms with van der Waals surface area (Å²) in [7, 11) is 1.58. The molecular weight excluding hydrogens is 521 g/mol. The lowest BCUT2D eigenvalue weighted by molar-refractivity contribution is -0.985. The number of aliphatic hydroxyl groups excluding tert-OH is 1. The van der Waals surface area contributed by atoms with Crippen LogP contribution >= 0.6 is 0 Å². The van der Waals surface area contributed by atoms with Gasteiger partial charge in [-0.3, -0.25) is 4.98 Å². The van der Waals surface area contributed by atoms with Gasteiger partial charge in [0.25, 0.3) is 0 Å². The van der Waals surface area contributed by atoms with E-state index in [0.717, 1.165) is 29.5 Å². The molecule has 1 N–H and O–H groups in total. The minimum Gasteiger partial charge on any atom is -1.00 e. The molecule has 0 radical (unpaired) electrons. The number of aromatic nitrogens is 1. The maximum absolute atomic E-state index is 14.7. The summed E-state index contributed by atoms with van der Waals surface area (Å²) in [6.07, 6.45) is 4.30. The number of quaternary nitrogens is 1. The SMILES string of the molecule is C=CC1C[N+]2(Cc3c(F)cc(F)cc3F)CCC1C[C@H]2[C@H](O)c1ccnc2ccc(OC)cc12.[Br-]. The van der Waals surface area contributed by atoms with E-state index in [-0.39, 0.29) is 41.0 Å². The van der Waals surface area contributed by atoms with Crippen LogP contribution in [0.1, 0.15) is 30.1 Å². The summed E-state index contributed by atoms with van der Waals surface area (Å²) in [6, 6.07) is 8.50. The topological polar surface area (TPSA) is 42.4 Å². The van der Waals surface area contributed by atoms with Gasteiger partial charge in [-0.15, -0.1) is 6.58 Å². The van der Waals surface area contributed by atoms with E-state index in [1.165, 1.54) is 0 Å². The molecule has 2 aromatic carbocycles. The number of halogens is 4. The molecule has 3 aromatic rings. The second-order valence-electron chi connectivity index (χ2n) is 9.61. The van der Waals surface area contributed by atoms with Crippen LogP contribution in [0.25, 0.3) is 10.9 Å². The largest absolute Gasteiger partial charge is 1.00 e. The zero-order valence-electron chi connectivity index (χ0n) is 19.4. The van der Waals surface area contributed by atoms with Crippen LogP contribution in [0.5, 0.6) is 5.75 Å². The normalized spacial score (nSPS) is 26.3. The molecule has 35 heavy (non-hydrogen) atoms. The molecule has 3 aliphatic rings.